The van der Waals surface area contributed by atoms with Gasteiger partial charge in [0.15, 0.2) is 0 Å². The number of hydrogen-bond donors (Lipinski definition) is 2. The molecule has 4 nitrogen and oxygen atoms in total. The van der Waals surface area contributed by atoms with Gasteiger partial charge < -0.3 is 14.4 Å². The van der Waals surface area contributed by atoms with Crippen molar-refractivity contribution >= 4 is 15.5 Å². The van der Waals surface area contributed by atoms with Crippen LogP contribution in [0.5, 0.6) is 0 Å². The summed E-state index contributed by atoms with van der Waals surface area (Å²) in [5.41, 5.74) is 0. The fraction of sp³-hybridized carbons (Fsp3) is 0.750. The highest BCUT2D eigenvalue weighted by atomic mass is 28.3. The molecule has 0 saturated carbocycles. The third-order valence-electron chi connectivity index (χ3n) is 0.407. The van der Waals surface area contributed by atoms with E-state index in [1.54, 1.807) is 0 Å². The Kier molecular flexibility index (Phi) is 12.7. The van der Waals surface area contributed by atoms with Crippen molar-refractivity contribution in [1.29, 1.82) is 0 Å². The van der Waals surface area contributed by atoms with Gasteiger partial charge in [0.25, 0.3) is 0 Å². The Morgan fingerprint density at radius 2 is 1.89 bits per heavy atom. The van der Waals surface area contributed by atoms with Crippen molar-refractivity contribution in [3.8, 4) is 0 Å². The second-order valence-corrected chi connectivity index (χ2v) is 1.80. The van der Waals surface area contributed by atoms with Crippen LogP contribution in [0.3, 0.4) is 0 Å². The van der Waals surface area contributed by atoms with Crippen molar-refractivity contribution in [1.82, 2.24) is 0 Å². The largest absolute Gasteiger partial charge is 0.761 e. The first-order valence-corrected chi connectivity index (χ1v) is 3.81. The minimum absolute atomic E-state index is 0.708. The van der Waals surface area contributed by atoms with E-state index >= 15 is 0 Å². The number of carbonyl (C=O) groups excluding carboxylic acids is 1. The van der Waals surface area contributed by atoms with E-state index in [0.29, 0.717) is 6.42 Å². The van der Waals surface area contributed by atoms with Gasteiger partial charge in [-0.25, -0.2) is 0 Å². The summed E-state index contributed by atoms with van der Waals surface area (Å²) in [5, 5.41) is 0. The Morgan fingerprint density at radius 1 is 1.56 bits per heavy atom. The zero-order valence-electron chi connectivity index (χ0n) is 5.20. The molecule has 0 aromatic heterocycles. The molecule has 0 aromatic carbocycles. The zero-order chi connectivity index (χ0) is 7.70. The summed E-state index contributed by atoms with van der Waals surface area (Å²) in [6.07, 6.45) is 2.61. The second kappa shape index (κ2) is 10.3. The van der Waals surface area contributed by atoms with Crippen LogP contribution in [0.4, 0.5) is 0 Å². The number of carbonyl (C=O) groups is 1. The van der Waals surface area contributed by atoms with E-state index in [1.807, 2.05) is 6.92 Å². The van der Waals surface area contributed by atoms with E-state index < -0.39 is 9.17 Å². The standard InChI is InChI=1S/C4H8O.H2O3Si/c1-2-3-4-5;1-4(2)3/h4H,2-3H2,1H3;1-2H. The molecule has 0 unspecified atom stereocenters. The van der Waals surface area contributed by atoms with E-state index in [2.05, 4.69) is 0 Å². The summed E-state index contributed by atoms with van der Waals surface area (Å²) in [5.74, 6) is 0. The van der Waals surface area contributed by atoms with Gasteiger partial charge in [-0.15, -0.1) is 0 Å². The molecule has 0 aliphatic rings. The molecule has 2 N–H and O–H groups in total. The molecule has 5 heteroatoms. The van der Waals surface area contributed by atoms with Gasteiger partial charge >= 0.3 is 9.17 Å². The van der Waals surface area contributed by atoms with Gasteiger partial charge in [0.1, 0.15) is 6.29 Å². The molecule has 0 amide bonds. The molecule has 0 fully saturated rings. The van der Waals surface area contributed by atoms with Gasteiger partial charge in [-0.1, -0.05) is 6.92 Å². The minimum atomic E-state index is -3.13. The lowest BCUT2D eigenvalue weighted by molar-refractivity contribution is -0.107. The summed E-state index contributed by atoms with van der Waals surface area (Å²) in [6, 6.07) is 0. The number of rotatable bonds is 2. The monoisotopic (exact) mass is 150 g/mol. The van der Waals surface area contributed by atoms with Crippen LogP contribution in [-0.4, -0.2) is 25.0 Å². The van der Waals surface area contributed by atoms with Crippen LogP contribution in [0, 0.1) is 0 Å². The van der Waals surface area contributed by atoms with Crippen LogP contribution in [0.25, 0.3) is 0 Å². The molecule has 0 aliphatic heterocycles. The topological polar surface area (TPSA) is 74.6 Å². The molecule has 9 heavy (non-hydrogen) atoms. The Morgan fingerprint density at radius 3 is 1.89 bits per heavy atom. The van der Waals surface area contributed by atoms with Gasteiger partial charge in [0, 0.05) is 6.42 Å². The van der Waals surface area contributed by atoms with E-state index in [4.69, 9.17) is 14.1 Å². The summed E-state index contributed by atoms with van der Waals surface area (Å²) >= 11 is 0. The molecule has 54 valence electrons. The molecule has 0 atom stereocenters. The average Bonchev–Trinajstić information content (AvgIpc) is 1.66. The highest BCUT2D eigenvalue weighted by Crippen LogP contribution is 1.74. The third kappa shape index (κ3) is 123. The van der Waals surface area contributed by atoms with Gasteiger partial charge in [0.2, 0.25) is 0 Å². The predicted molar refractivity (Wildman–Crippen MR) is 31.9 cm³/mol. The maximum atomic E-state index is 9.40. The van der Waals surface area contributed by atoms with Crippen molar-refractivity contribution in [3.63, 3.8) is 0 Å². The number of unbranched alkanes of at least 4 members (excludes halogenated alkanes) is 1. The van der Waals surface area contributed by atoms with E-state index in [-0.39, 0.29) is 0 Å². The van der Waals surface area contributed by atoms with Crippen LogP contribution in [0.2, 0.25) is 0 Å². The molecule has 0 rings (SSSR count). The third-order valence-corrected chi connectivity index (χ3v) is 0.407. The van der Waals surface area contributed by atoms with Crippen molar-refractivity contribution in [3.05, 3.63) is 0 Å². The summed E-state index contributed by atoms with van der Waals surface area (Å²) < 4.78 is 8.74. The zero-order valence-corrected chi connectivity index (χ0v) is 6.20. The number of hydrogen-bond acceptors (Lipinski definition) is 2. The lowest BCUT2D eigenvalue weighted by atomic mass is 10.4. The van der Waals surface area contributed by atoms with Gasteiger partial charge in [0.05, 0.1) is 0 Å². The van der Waals surface area contributed by atoms with Crippen molar-refractivity contribution in [2.45, 2.75) is 19.8 Å². The van der Waals surface area contributed by atoms with Crippen molar-refractivity contribution in [2.24, 2.45) is 0 Å². The predicted octanol–water partition coefficient (Wildman–Crippen LogP) is -0.628. The average molecular weight is 150 g/mol. The molecule has 0 bridgehead atoms. The van der Waals surface area contributed by atoms with E-state index in [0.717, 1.165) is 12.7 Å². The first-order valence-electron chi connectivity index (χ1n) is 2.50. The van der Waals surface area contributed by atoms with E-state index in [9.17, 15) is 4.79 Å². The Bertz CT molecular complexity index is 78.6. The SMILES string of the molecule is CCCC=O.O=[Si](O)O. The first-order chi connectivity index (χ1) is 4.15. The summed E-state index contributed by atoms with van der Waals surface area (Å²) in [4.78, 5) is 23.7. The fourth-order valence-electron chi connectivity index (χ4n) is 0.118. The smallest absolute Gasteiger partial charge is 0.511 e. The van der Waals surface area contributed by atoms with Gasteiger partial charge in [-0.3, -0.25) is 4.46 Å². The Hall–Kier alpha value is -0.713. The van der Waals surface area contributed by atoms with Crippen LogP contribution in [-0.2, 0) is 9.26 Å². The van der Waals surface area contributed by atoms with Gasteiger partial charge in [-0.2, -0.15) is 0 Å². The molecule has 0 saturated heterocycles. The molecular formula is C4H10O4Si. The summed E-state index contributed by atoms with van der Waals surface area (Å²) in [7, 11) is -3.13. The molecule has 0 aliphatic carbocycles. The molecule has 0 aromatic rings. The van der Waals surface area contributed by atoms with Crippen molar-refractivity contribution in [2.75, 3.05) is 0 Å². The lowest BCUT2D eigenvalue weighted by Crippen LogP contribution is -1.90. The van der Waals surface area contributed by atoms with Crippen LogP contribution in [0.1, 0.15) is 19.8 Å². The lowest BCUT2D eigenvalue weighted by Gasteiger charge is -1.68. The Balaban J connectivity index is 0. The van der Waals surface area contributed by atoms with Crippen LogP contribution in [0.15, 0.2) is 0 Å². The fourth-order valence-corrected chi connectivity index (χ4v) is 0.118. The molecule has 0 heterocycles. The maximum Gasteiger partial charge on any atom is 0.761 e. The molecule has 0 spiro atoms. The molecule has 0 radical (unpaired) electrons. The highest BCUT2D eigenvalue weighted by molar-refractivity contribution is 6.22. The summed E-state index contributed by atoms with van der Waals surface area (Å²) in [6.45, 7) is 1.98. The van der Waals surface area contributed by atoms with Crippen LogP contribution >= 0.6 is 0 Å². The quantitative estimate of drug-likeness (QED) is 0.406. The maximum absolute atomic E-state index is 9.40. The molecular weight excluding hydrogens is 140 g/mol. The minimum Gasteiger partial charge on any atom is -0.511 e. The van der Waals surface area contributed by atoms with Gasteiger partial charge in [-0.05, 0) is 6.42 Å². The highest BCUT2D eigenvalue weighted by Gasteiger charge is 1.85. The Labute approximate surface area is 55.0 Å². The second-order valence-electron chi connectivity index (χ2n) is 1.24. The first kappa shape index (κ1) is 11.1. The van der Waals surface area contributed by atoms with Crippen molar-refractivity contribution < 1.29 is 18.8 Å². The number of aldehydes is 1. The van der Waals surface area contributed by atoms with E-state index in [1.165, 1.54) is 0 Å². The normalized spacial score (nSPS) is 6.78. The van der Waals surface area contributed by atoms with Crippen LogP contribution < -0.4 is 0 Å².